The zero-order chi connectivity index (χ0) is 19.3. The van der Waals surface area contributed by atoms with Crippen LogP contribution in [0.5, 0.6) is 17.2 Å². The third-order valence-corrected chi connectivity index (χ3v) is 4.38. The van der Waals surface area contributed by atoms with Gasteiger partial charge in [-0.2, -0.15) is 13.5 Å². The van der Waals surface area contributed by atoms with Crippen LogP contribution < -0.4 is 9.57 Å². The van der Waals surface area contributed by atoms with Crippen LogP contribution in [0.2, 0.25) is 0 Å². The molecule has 0 spiro atoms. The van der Waals surface area contributed by atoms with Crippen LogP contribution in [0.4, 0.5) is 5.69 Å². The van der Waals surface area contributed by atoms with Crippen LogP contribution in [0.15, 0.2) is 46.4 Å². The number of aromatic hydroxyl groups is 2. The van der Waals surface area contributed by atoms with E-state index in [0.29, 0.717) is 12.4 Å². The first kappa shape index (κ1) is 19.0. The van der Waals surface area contributed by atoms with Crippen LogP contribution >= 0.6 is 0 Å². The molecule has 0 atom stereocenters. The molecule has 0 fully saturated rings. The van der Waals surface area contributed by atoms with Gasteiger partial charge in [0.1, 0.15) is 11.5 Å². The number of phenols is 2. The Kier molecular flexibility index (Phi) is 5.62. The highest BCUT2D eigenvalue weighted by Gasteiger charge is 2.17. The average Bonchev–Trinajstić information content (AvgIpc) is 2.57. The van der Waals surface area contributed by atoms with Gasteiger partial charge in [-0.15, -0.1) is 0 Å². The summed E-state index contributed by atoms with van der Waals surface area (Å²) < 4.78 is 29.5. The Morgan fingerprint density at radius 2 is 1.88 bits per heavy atom. The number of hydrogen-bond donors (Lipinski definition) is 3. The molecule has 2 aromatic carbocycles. The Morgan fingerprint density at radius 3 is 2.46 bits per heavy atom. The number of nitrogens with one attached hydrogen (secondary N) is 1. The first-order valence-electron chi connectivity index (χ1n) is 7.22. The van der Waals surface area contributed by atoms with Crippen molar-refractivity contribution in [1.29, 1.82) is 0 Å². The first-order chi connectivity index (χ1) is 12.2. The summed E-state index contributed by atoms with van der Waals surface area (Å²) in [6.45, 7) is 2.24. The molecule has 0 heterocycles. The maximum Gasteiger partial charge on any atom is 0.311 e. The lowest BCUT2D eigenvalue weighted by atomic mass is 10.2. The van der Waals surface area contributed by atoms with Crippen molar-refractivity contribution < 1.29 is 28.3 Å². The lowest BCUT2D eigenvalue weighted by Crippen LogP contribution is -2.18. The molecular weight excluding hydrogens is 366 g/mol. The molecule has 0 aromatic heterocycles. The minimum Gasteiger partial charge on any atom is -0.507 e. The summed E-state index contributed by atoms with van der Waals surface area (Å²) in [5, 5.41) is 33.3. The number of nitrogens with zero attached hydrogens (tertiary/aromatic N) is 2. The van der Waals surface area contributed by atoms with Gasteiger partial charge in [0.15, 0.2) is 5.75 Å². The van der Waals surface area contributed by atoms with E-state index in [1.54, 1.807) is 6.92 Å². The van der Waals surface area contributed by atoms with Crippen molar-refractivity contribution in [3.63, 3.8) is 0 Å². The Bertz CT molecular complexity index is 940. The second-order valence-corrected chi connectivity index (χ2v) is 6.58. The van der Waals surface area contributed by atoms with Gasteiger partial charge in [-0.05, 0) is 31.2 Å². The van der Waals surface area contributed by atoms with Gasteiger partial charge in [0, 0.05) is 17.7 Å². The summed E-state index contributed by atoms with van der Waals surface area (Å²) in [4.78, 5) is 11.8. The molecule has 2 rings (SSSR count). The van der Waals surface area contributed by atoms with E-state index in [-0.39, 0.29) is 10.5 Å². The van der Waals surface area contributed by atoms with Crippen LogP contribution in [0, 0.1) is 10.1 Å². The highest BCUT2D eigenvalue weighted by Crippen LogP contribution is 2.31. The zero-order valence-corrected chi connectivity index (χ0v) is 14.3. The Labute approximate surface area is 148 Å². The molecule has 0 radical (unpaired) electrons. The molecule has 0 aliphatic carbocycles. The fourth-order valence-corrected chi connectivity index (χ4v) is 2.72. The number of nitro benzene ring substituents is 1. The SMILES string of the molecule is CCOc1ccc(S(=O)(=O)N/N=C/c2cc([N+](=O)[O-])c(O)cc2O)cc1. The number of hydrazone groups is 1. The lowest BCUT2D eigenvalue weighted by Gasteiger charge is -2.06. The summed E-state index contributed by atoms with van der Waals surface area (Å²) in [6.07, 6.45) is 0.883. The number of rotatable bonds is 7. The van der Waals surface area contributed by atoms with Crippen molar-refractivity contribution in [1.82, 2.24) is 4.83 Å². The van der Waals surface area contributed by atoms with E-state index in [1.165, 1.54) is 24.3 Å². The van der Waals surface area contributed by atoms with Gasteiger partial charge in [0.2, 0.25) is 0 Å². The molecule has 0 aliphatic rings. The van der Waals surface area contributed by atoms with Crippen LogP contribution in [0.1, 0.15) is 12.5 Å². The molecule has 0 amide bonds. The predicted molar refractivity (Wildman–Crippen MR) is 92.0 cm³/mol. The number of nitro groups is 1. The third-order valence-electron chi connectivity index (χ3n) is 3.14. The summed E-state index contributed by atoms with van der Waals surface area (Å²) in [6, 6.07) is 7.24. The van der Waals surface area contributed by atoms with Crippen molar-refractivity contribution in [2.45, 2.75) is 11.8 Å². The summed E-state index contributed by atoms with van der Waals surface area (Å²) >= 11 is 0. The second kappa shape index (κ2) is 7.70. The van der Waals surface area contributed by atoms with E-state index in [0.717, 1.165) is 18.3 Å². The van der Waals surface area contributed by atoms with Gasteiger partial charge in [0.05, 0.1) is 22.6 Å². The van der Waals surface area contributed by atoms with Crippen molar-refractivity contribution in [3.05, 3.63) is 52.1 Å². The highest BCUT2D eigenvalue weighted by atomic mass is 32.2. The number of phenolic OH excluding ortho intramolecular Hbond substituents is 2. The standard InChI is InChI=1S/C15H15N3O7S/c1-2-25-11-3-5-12(6-4-11)26(23,24)17-16-9-10-7-13(18(21)22)15(20)8-14(10)19/h3-9,17,19-20H,2H2,1H3/b16-9+. The molecule has 0 unspecified atom stereocenters. The Balaban J connectivity index is 2.19. The van der Waals surface area contributed by atoms with E-state index < -0.39 is 32.1 Å². The molecule has 11 heteroatoms. The summed E-state index contributed by atoms with van der Waals surface area (Å²) in [5.74, 6) is -0.715. The number of hydrogen-bond acceptors (Lipinski definition) is 8. The third kappa shape index (κ3) is 4.39. The lowest BCUT2D eigenvalue weighted by molar-refractivity contribution is -0.385. The zero-order valence-electron chi connectivity index (χ0n) is 13.5. The fourth-order valence-electron chi connectivity index (χ4n) is 1.93. The van der Waals surface area contributed by atoms with Gasteiger partial charge >= 0.3 is 5.69 Å². The maximum absolute atomic E-state index is 12.1. The molecule has 26 heavy (non-hydrogen) atoms. The molecule has 2 aromatic rings. The Hall–Kier alpha value is -3.34. The normalized spacial score (nSPS) is 11.4. The Morgan fingerprint density at radius 1 is 1.23 bits per heavy atom. The number of benzene rings is 2. The van der Waals surface area contributed by atoms with Gasteiger partial charge in [-0.3, -0.25) is 10.1 Å². The second-order valence-electron chi connectivity index (χ2n) is 4.91. The van der Waals surface area contributed by atoms with Crippen molar-refractivity contribution in [2.24, 2.45) is 5.10 Å². The van der Waals surface area contributed by atoms with E-state index in [4.69, 9.17) is 4.74 Å². The van der Waals surface area contributed by atoms with E-state index >= 15 is 0 Å². The van der Waals surface area contributed by atoms with E-state index in [2.05, 4.69) is 5.10 Å². The molecule has 138 valence electrons. The molecule has 3 N–H and O–H groups in total. The van der Waals surface area contributed by atoms with E-state index in [1.807, 2.05) is 4.83 Å². The smallest absolute Gasteiger partial charge is 0.311 e. The minimum atomic E-state index is -3.98. The van der Waals surface area contributed by atoms with Gasteiger partial charge in [-0.25, -0.2) is 4.83 Å². The summed E-state index contributed by atoms with van der Waals surface area (Å²) in [5.41, 5.74) is -0.803. The largest absolute Gasteiger partial charge is 0.507 e. The molecular formula is C15H15N3O7S. The van der Waals surface area contributed by atoms with Crippen molar-refractivity contribution in [2.75, 3.05) is 6.61 Å². The molecule has 0 saturated heterocycles. The molecule has 0 aliphatic heterocycles. The van der Waals surface area contributed by atoms with Crippen LogP contribution in [0.25, 0.3) is 0 Å². The predicted octanol–water partition coefficient (Wildman–Crippen LogP) is 1.72. The molecule has 0 bridgehead atoms. The molecule has 10 nitrogen and oxygen atoms in total. The topological polar surface area (TPSA) is 151 Å². The number of sulfonamides is 1. The maximum atomic E-state index is 12.1. The van der Waals surface area contributed by atoms with Crippen LogP contribution in [-0.2, 0) is 10.0 Å². The van der Waals surface area contributed by atoms with Gasteiger partial charge < -0.3 is 14.9 Å². The van der Waals surface area contributed by atoms with Crippen molar-refractivity contribution >= 4 is 21.9 Å². The number of ether oxygens (including phenoxy) is 1. The van der Waals surface area contributed by atoms with Gasteiger partial charge in [0.25, 0.3) is 10.0 Å². The van der Waals surface area contributed by atoms with E-state index in [9.17, 15) is 28.7 Å². The monoisotopic (exact) mass is 381 g/mol. The highest BCUT2D eigenvalue weighted by molar-refractivity contribution is 7.89. The van der Waals surface area contributed by atoms with Crippen LogP contribution in [-0.4, -0.2) is 36.4 Å². The molecule has 0 saturated carbocycles. The van der Waals surface area contributed by atoms with Crippen LogP contribution in [0.3, 0.4) is 0 Å². The minimum absolute atomic E-state index is 0.0704. The fraction of sp³-hybridized carbons (Fsp3) is 0.133. The van der Waals surface area contributed by atoms with Crippen molar-refractivity contribution in [3.8, 4) is 17.2 Å². The first-order valence-corrected chi connectivity index (χ1v) is 8.71. The summed E-state index contributed by atoms with van der Waals surface area (Å²) in [7, 11) is -3.98. The quantitative estimate of drug-likeness (QED) is 0.375. The van der Waals surface area contributed by atoms with Gasteiger partial charge in [-0.1, -0.05) is 0 Å². The average molecular weight is 381 g/mol.